The van der Waals surface area contributed by atoms with Crippen molar-refractivity contribution in [2.24, 2.45) is 5.73 Å². The van der Waals surface area contributed by atoms with Crippen molar-refractivity contribution in [1.82, 2.24) is 0 Å². The van der Waals surface area contributed by atoms with Gasteiger partial charge in [0.15, 0.2) is 0 Å². The largest absolute Gasteiger partial charge is 0.381 e. The van der Waals surface area contributed by atoms with Crippen LogP contribution in [0.1, 0.15) is 25.7 Å². The Morgan fingerprint density at radius 2 is 2.22 bits per heavy atom. The molecule has 0 saturated heterocycles. The number of methoxy groups -OCH3 is 1. The molecule has 0 amide bonds. The lowest BCUT2D eigenvalue weighted by atomic mass is 9.94. The van der Waals surface area contributed by atoms with Crippen LogP contribution in [-0.4, -0.2) is 19.3 Å². The third-order valence-electron chi connectivity index (χ3n) is 2.00. The number of hydrogen-bond donors (Lipinski definition) is 1. The van der Waals surface area contributed by atoms with E-state index in [9.17, 15) is 0 Å². The second kappa shape index (κ2) is 3.18. The van der Waals surface area contributed by atoms with Gasteiger partial charge >= 0.3 is 0 Å². The molecule has 1 aliphatic rings. The van der Waals surface area contributed by atoms with Gasteiger partial charge in [-0.15, -0.1) is 0 Å². The van der Waals surface area contributed by atoms with Gasteiger partial charge in [0.1, 0.15) is 0 Å². The Morgan fingerprint density at radius 1 is 1.44 bits per heavy atom. The van der Waals surface area contributed by atoms with Gasteiger partial charge in [0.05, 0.1) is 6.10 Å². The summed E-state index contributed by atoms with van der Waals surface area (Å²) in [5.74, 6) is 0. The van der Waals surface area contributed by atoms with Crippen molar-refractivity contribution in [3.63, 3.8) is 0 Å². The molecule has 1 fully saturated rings. The maximum atomic E-state index is 5.72. The second-order valence-corrected chi connectivity index (χ2v) is 2.78. The fraction of sp³-hybridized carbons (Fsp3) is 1.00. The van der Waals surface area contributed by atoms with Crippen LogP contribution in [-0.2, 0) is 4.74 Å². The molecule has 9 heavy (non-hydrogen) atoms. The van der Waals surface area contributed by atoms with Gasteiger partial charge in [-0.25, -0.2) is 0 Å². The third kappa shape index (κ3) is 1.95. The van der Waals surface area contributed by atoms with E-state index < -0.39 is 0 Å². The van der Waals surface area contributed by atoms with Crippen molar-refractivity contribution in [2.75, 3.05) is 7.11 Å². The molecule has 0 heterocycles. The van der Waals surface area contributed by atoms with Crippen molar-refractivity contribution in [1.29, 1.82) is 0 Å². The molecule has 1 rings (SSSR count). The van der Waals surface area contributed by atoms with E-state index in [-0.39, 0.29) is 0 Å². The van der Waals surface area contributed by atoms with E-state index in [4.69, 9.17) is 10.5 Å². The Bertz CT molecular complexity index is 85.0. The summed E-state index contributed by atoms with van der Waals surface area (Å²) in [7, 11) is 1.77. The minimum absolute atomic E-state index is 0.392. The molecule has 0 spiro atoms. The summed E-state index contributed by atoms with van der Waals surface area (Å²) in [5, 5.41) is 0. The lowest BCUT2D eigenvalue weighted by molar-refractivity contribution is 0.0645. The average Bonchev–Trinajstić information content (AvgIpc) is 1.88. The fourth-order valence-corrected chi connectivity index (χ4v) is 1.40. The highest BCUT2D eigenvalue weighted by atomic mass is 16.5. The van der Waals surface area contributed by atoms with Crippen LogP contribution in [0.2, 0.25) is 0 Å². The summed E-state index contributed by atoms with van der Waals surface area (Å²) in [6.45, 7) is 0. The van der Waals surface area contributed by atoms with Gasteiger partial charge in [-0.1, -0.05) is 0 Å². The van der Waals surface area contributed by atoms with Crippen LogP contribution in [0.5, 0.6) is 0 Å². The van der Waals surface area contributed by atoms with Crippen LogP contribution >= 0.6 is 0 Å². The number of rotatable bonds is 1. The van der Waals surface area contributed by atoms with Crippen molar-refractivity contribution >= 4 is 0 Å². The standard InChI is InChI=1S/C7H15NO/c1-9-7-4-2-3-6(8)5-7/h6-7H,2-5,8H2,1H3/t6-,7+/m0/s1. The van der Waals surface area contributed by atoms with Crippen LogP contribution in [0, 0.1) is 0 Å². The van der Waals surface area contributed by atoms with E-state index in [0.717, 1.165) is 6.42 Å². The van der Waals surface area contributed by atoms with E-state index in [0.29, 0.717) is 12.1 Å². The highest BCUT2D eigenvalue weighted by Gasteiger charge is 2.17. The zero-order valence-corrected chi connectivity index (χ0v) is 5.97. The highest BCUT2D eigenvalue weighted by Crippen LogP contribution is 2.18. The average molecular weight is 129 g/mol. The quantitative estimate of drug-likeness (QED) is 0.571. The van der Waals surface area contributed by atoms with Gasteiger partial charge in [-0.05, 0) is 25.7 Å². The van der Waals surface area contributed by atoms with Gasteiger partial charge in [-0.3, -0.25) is 0 Å². The fourth-order valence-electron chi connectivity index (χ4n) is 1.40. The Morgan fingerprint density at radius 3 is 2.67 bits per heavy atom. The molecule has 2 N–H and O–H groups in total. The molecule has 1 saturated carbocycles. The zero-order chi connectivity index (χ0) is 6.69. The van der Waals surface area contributed by atoms with Gasteiger partial charge < -0.3 is 10.5 Å². The van der Waals surface area contributed by atoms with Crippen molar-refractivity contribution in [3.05, 3.63) is 0 Å². The van der Waals surface area contributed by atoms with Crippen LogP contribution in [0.3, 0.4) is 0 Å². The van der Waals surface area contributed by atoms with E-state index in [1.165, 1.54) is 19.3 Å². The third-order valence-corrected chi connectivity index (χ3v) is 2.00. The van der Waals surface area contributed by atoms with Crippen LogP contribution in [0.15, 0.2) is 0 Å². The first kappa shape index (κ1) is 7.03. The molecule has 0 bridgehead atoms. The molecular weight excluding hydrogens is 114 g/mol. The van der Waals surface area contributed by atoms with Gasteiger partial charge in [0, 0.05) is 13.2 Å². The van der Waals surface area contributed by atoms with E-state index in [1.54, 1.807) is 7.11 Å². The smallest absolute Gasteiger partial charge is 0.0586 e. The minimum Gasteiger partial charge on any atom is -0.381 e. The van der Waals surface area contributed by atoms with Crippen LogP contribution in [0.25, 0.3) is 0 Å². The molecular formula is C7H15NO. The predicted octanol–water partition coefficient (Wildman–Crippen LogP) is 0.903. The van der Waals surface area contributed by atoms with Gasteiger partial charge in [0.25, 0.3) is 0 Å². The molecule has 1 aliphatic carbocycles. The summed E-state index contributed by atoms with van der Waals surface area (Å²) in [6.07, 6.45) is 5.11. The molecule has 2 atom stereocenters. The van der Waals surface area contributed by atoms with Crippen LogP contribution in [0.4, 0.5) is 0 Å². The molecule has 0 unspecified atom stereocenters. The van der Waals surface area contributed by atoms with E-state index >= 15 is 0 Å². The van der Waals surface area contributed by atoms with Crippen molar-refractivity contribution in [3.8, 4) is 0 Å². The Hall–Kier alpha value is -0.0800. The summed E-state index contributed by atoms with van der Waals surface area (Å²) >= 11 is 0. The number of nitrogens with two attached hydrogens (primary N) is 1. The lowest BCUT2D eigenvalue weighted by Crippen LogP contribution is -2.31. The summed E-state index contributed by atoms with van der Waals surface area (Å²) < 4.78 is 5.18. The van der Waals surface area contributed by atoms with E-state index in [1.807, 2.05) is 0 Å². The molecule has 54 valence electrons. The topological polar surface area (TPSA) is 35.2 Å². The SMILES string of the molecule is CO[C@@H]1CCC[C@H](N)C1. The predicted molar refractivity (Wildman–Crippen MR) is 37.2 cm³/mol. The summed E-state index contributed by atoms with van der Waals surface area (Å²) in [5.41, 5.74) is 5.72. The van der Waals surface area contributed by atoms with E-state index in [2.05, 4.69) is 0 Å². The minimum atomic E-state index is 0.392. The Kier molecular flexibility index (Phi) is 2.49. The first-order valence-electron chi connectivity index (χ1n) is 3.61. The Labute approximate surface area is 56.4 Å². The molecule has 2 heteroatoms. The van der Waals surface area contributed by atoms with Crippen LogP contribution < -0.4 is 5.73 Å². The number of hydrogen-bond acceptors (Lipinski definition) is 2. The maximum Gasteiger partial charge on any atom is 0.0586 e. The molecule has 0 aromatic rings. The number of ether oxygens (including phenoxy) is 1. The van der Waals surface area contributed by atoms with Crippen molar-refractivity contribution < 1.29 is 4.74 Å². The Balaban J connectivity index is 2.23. The molecule has 0 aromatic heterocycles. The maximum absolute atomic E-state index is 5.72. The molecule has 0 radical (unpaired) electrons. The summed E-state index contributed by atoms with van der Waals surface area (Å²) in [6, 6.07) is 0.392. The molecule has 0 aromatic carbocycles. The zero-order valence-electron chi connectivity index (χ0n) is 5.97. The molecule has 2 nitrogen and oxygen atoms in total. The monoisotopic (exact) mass is 129 g/mol. The summed E-state index contributed by atoms with van der Waals surface area (Å²) in [4.78, 5) is 0. The van der Waals surface area contributed by atoms with Gasteiger partial charge in [-0.2, -0.15) is 0 Å². The first-order valence-corrected chi connectivity index (χ1v) is 3.61. The lowest BCUT2D eigenvalue weighted by Gasteiger charge is -2.24. The highest BCUT2D eigenvalue weighted by molar-refractivity contribution is 4.74. The second-order valence-electron chi connectivity index (χ2n) is 2.78. The molecule has 0 aliphatic heterocycles. The van der Waals surface area contributed by atoms with Crippen molar-refractivity contribution in [2.45, 2.75) is 37.8 Å². The normalized spacial score (nSPS) is 36.7. The first-order chi connectivity index (χ1) is 4.33. The van der Waals surface area contributed by atoms with Gasteiger partial charge in [0.2, 0.25) is 0 Å².